The van der Waals surface area contributed by atoms with Crippen LogP contribution in [0.25, 0.3) is 5.69 Å². The van der Waals surface area contributed by atoms with Gasteiger partial charge in [-0.05, 0) is 47.8 Å². The van der Waals surface area contributed by atoms with E-state index < -0.39 is 5.97 Å². The molecule has 0 saturated heterocycles. The van der Waals surface area contributed by atoms with E-state index in [1.54, 1.807) is 35.4 Å². The first-order valence-corrected chi connectivity index (χ1v) is 8.68. The number of benzene rings is 1. The van der Waals surface area contributed by atoms with Crippen molar-refractivity contribution in [1.29, 1.82) is 0 Å². The summed E-state index contributed by atoms with van der Waals surface area (Å²) in [6.45, 7) is 0.250. The van der Waals surface area contributed by atoms with Crippen molar-refractivity contribution in [2.45, 2.75) is 6.54 Å². The maximum absolute atomic E-state index is 12.1. The third kappa shape index (κ3) is 4.36. The van der Waals surface area contributed by atoms with Crippen molar-refractivity contribution in [1.82, 2.24) is 9.47 Å². The number of nitrogens with zero attached hydrogens (tertiary/aromatic N) is 2. The molecule has 0 aliphatic rings. The summed E-state index contributed by atoms with van der Waals surface area (Å²) in [5.41, 5.74) is 1.37. The van der Waals surface area contributed by atoms with Crippen LogP contribution < -0.4 is 0 Å². The van der Waals surface area contributed by atoms with Crippen LogP contribution in [-0.2, 0) is 16.1 Å². The van der Waals surface area contributed by atoms with Crippen molar-refractivity contribution in [3.8, 4) is 5.69 Å². The van der Waals surface area contributed by atoms with Gasteiger partial charge in [-0.1, -0.05) is 6.07 Å². The Bertz CT molecular complexity index is 824. The number of aromatic nitrogens is 1. The summed E-state index contributed by atoms with van der Waals surface area (Å²) in [4.78, 5) is 26.8. The predicted octanol–water partition coefficient (Wildman–Crippen LogP) is 3.35. The lowest BCUT2D eigenvalue weighted by Crippen LogP contribution is -2.30. The van der Waals surface area contributed by atoms with Gasteiger partial charge in [0.15, 0.2) is 6.61 Å². The molecule has 1 aromatic carbocycles. The third-order valence-corrected chi connectivity index (χ3v) is 4.59. The average Bonchev–Trinajstić information content (AvgIpc) is 3.33. The molecule has 3 rings (SSSR count). The fraction of sp³-hybridized carbons (Fsp3) is 0.158. The minimum absolute atomic E-state index is 0.231. The first-order valence-electron chi connectivity index (χ1n) is 7.80. The summed E-state index contributed by atoms with van der Waals surface area (Å²) in [6, 6.07) is 14.8. The normalized spacial score (nSPS) is 10.4. The van der Waals surface area contributed by atoms with Gasteiger partial charge in [-0.25, -0.2) is 4.79 Å². The Morgan fingerprint density at radius 1 is 1.08 bits per heavy atom. The van der Waals surface area contributed by atoms with Gasteiger partial charge in [0.1, 0.15) is 0 Å². The SMILES string of the molecule is CN(Cc1cccs1)C(=O)COC(=O)c1ccc(-n2cccc2)cc1. The molecular formula is C19H18N2O3S. The molecule has 128 valence electrons. The highest BCUT2D eigenvalue weighted by Crippen LogP contribution is 2.12. The van der Waals surface area contributed by atoms with E-state index in [0.717, 1.165) is 10.6 Å². The highest BCUT2D eigenvalue weighted by Gasteiger charge is 2.14. The maximum atomic E-state index is 12.1. The summed E-state index contributed by atoms with van der Waals surface area (Å²) in [5, 5.41) is 1.96. The smallest absolute Gasteiger partial charge is 0.338 e. The number of thiophene rings is 1. The molecule has 0 saturated carbocycles. The molecule has 0 unspecified atom stereocenters. The topological polar surface area (TPSA) is 51.5 Å². The molecule has 0 spiro atoms. The molecule has 2 aromatic heterocycles. The highest BCUT2D eigenvalue weighted by molar-refractivity contribution is 7.09. The lowest BCUT2D eigenvalue weighted by atomic mass is 10.2. The van der Waals surface area contributed by atoms with Crippen LogP contribution in [0.3, 0.4) is 0 Å². The fourth-order valence-electron chi connectivity index (χ4n) is 2.32. The average molecular weight is 354 g/mol. The number of amides is 1. The number of ether oxygens (including phenoxy) is 1. The van der Waals surface area contributed by atoms with Gasteiger partial charge in [0.05, 0.1) is 12.1 Å². The summed E-state index contributed by atoms with van der Waals surface area (Å²) < 4.78 is 7.07. The van der Waals surface area contributed by atoms with E-state index in [1.807, 2.05) is 58.7 Å². The number of carbonyl (C=O) groups is 2. The monoisotopic (exact) mass is 354 g/mol. The van der Waals surface area contributed by atoms with E-state index in [4.69, 9.17) is 4.74 Å². The van der Waals surface area contributed by atoms with Crippen molar-refractivity contribution >= 4 is 23.2 Å². The summed E-state index contributed by atoms with van der Waals surface area (Å²) in [5.74, 6) is -0.734. The van der Waals surface area contributed by atoms with Gasteiger partial charge >= 0.3 is 5.97 Å². The van der Waals surface area contributed by atoms with E-state index in [1.165, 1.54) is 0 Å². The van der Waals surface area contributed by atoms with Gasteiger partial charge in [-0.15, -0.1) is 11.3 Å². The molecule has 25 heavy (non-hydrogen) atoms. The number of likely N-dealkylation sites (N-methyl/N-ethyl adjacent to an activating group) is 1. The molecule has 0 aliphatic heterocycles. The van der Waals surface area contributed by atoms with Gasteiger partial charge < -0.3 is 14.2 Å². The van der Waals surface area contributed by atoms with Crippen LogP contribution in [0.5, 0.6) is 0 Å². The minimum atomic E-state index is -0.503. The molecule has 0 fully saturated rings. The van der Waals surface area contributed by atoms with E-state index in [9.17, 15) is 9.59 Å². The fourth-order valence-corrected chi connectivity index (χ4v) is 3.08. The zero-order chi connectivity index (χ0) is 17.6. The van der Waals surface area contributed by atoms with Crippen LogP contribution in [0.2, 0.25) is 0 Å². The molecule has 2 heterocycles. The number of esters is 1. The highest BCUT2D eigenvalue weighted by atomic mass is 32.1. The Morgan fingerprint density at radius 3 is 2.44 bits per heavy atom. The molecule has 0 N–H and O–H groups in total. The van der Waals surface area contributed by atoms with Gasteiger partial charge in [-0.2, -0.15) is 0 Å². The number of hydrogen-bond donors (Lipinski definition) is 0. The van der Waals surface area contributed by atoms with Gasteiger partial charge in [-0.3, -0.25) is 4.79 Å². The Balaban J connectivity index is 1.52. The molecule has 1 amide bonds. The molecule has 0 aliphatic carbocycles. The summed E-state index contributed by atoms with van der Waals surface area (Å²) in [7, 11) is 1.70. The first-order chi connectivity index (χ1) is 12.1. The van der Waals surface area contributed by atoms with Crippen molar-refractivity contribution in [3.05, 3.63) is 76.7 Å². The molecule has 3 aromatic rings. The molecule has 0 radical (unpaired) electrons. The lowest BCUT2D eigenvalue weighted by molar-refractivity contribution is -0.133. The van der Waals surface area contributed by atoms with Crippen molar-refractivity contribution < 1.29 is 14.3 Å². The zero-order valence-corrected chi connectivity index (χ0v) is 14.6. The van der Waals surface area contributed by atoms with Crippen LogP contribution in [-0.4, -0.2) is 35.0 Å². The Labute approximate surface area is 150 Å². The van der Waals surface area contributed by atoms with Crippen LogP contribution in [0.4, 0.5) is 0 Å². The second kappa shape index (κ2) is 7.81. The zero-order valence-electron chi connectivity index (χ0n) is 13.8. The first kappa shape index (κ1) is 17.0. The summed E-state index contributed by atoms with van der Waals surface area (Å²) >= 11 is 1.59. The van der Waals surface area contributed by atoms with Crippen LogP contribution in [0.1, 0.15) is 15.2 Å². The van der Waals surface area contributed by atoms with Gasteiger partial charge in [0.25, 0.3) is 5.91 Å². The van der Waals surface area contributed by atoms with Crippen LogP contribution >= 0.6 is 11.3 Å². The van der Waals surface area contributed by atoms with Crippen molar-refractivity contribution in [2.75, 3.05) is 13.7 Å². The van der Waals surface area contributed by atoms with E-state index in [-0.39, 0.29) is 12.5 Å². The van der Waals surface area contributed by atoms with E-state index >= 15 is 0 Å². The Morgan fingerprint density at radius 2 is 1.80 bits per heavy atom. The summed E-state index contributed by atoms with van der Waals surface area (Å²) in [6.07, 6.45) is 3.85. The maximum Gasteiger partial charge on any atom is 0.338 e. The lowest BCUT2D eigenvalue weighted by Gasteiger charge is -2.16. The second-order valence-electron chi connectivity index (χ2n) is 5.54. The van der Waals surface area contributed by atoms with Crippen LogP contribution in [0.15, 0.2) is 66.3 Å². The second-order valence-corrected chi connectivity index (χ2v) is 6.57. The number of rotatable bonds is 6. The van der Waals surface area contributed by atoms with Gasteiger partial charge in [0.2, 0.25) is 0 Å². The quantitative estimate of drug-likeness (QED) is 0.638. The molecule has 6 heteroatoms. The molecular weight excluding hydrogens is 336 g/mol. The van der Waals surface area contributed by atoms with E-state index in [2.05, 4.69) is 0 Å². The van der Waals surface area contributed by atoms with E-state index in [0.29, 0.717) is 12.1 Å². The molecule has 5 nitrogen and oxygen atoms in total. The van der Waals surface area contributed by atoms with Crippen molar-refractivity contribution in [3.63, 3.8) is 0 Å². The van der Waals surface area contributed by atoms with Crippen LogP contribution in [0, 0.1) is 0 Å². The predicted molar refractivity (Wildman–Crippen MR) is 96.8 cm³/mol. The third-order valence-electron chi connectivity index (χ3n) is 3.73. The Kier molecular flexibility index (Phi) is 5.30. The Hall–Kier alpha value is -2.86. The largest absolute Gasteiger partial charge is 0.452 e. The standard InChI is InChI=1S/C19H18N2O3S/c1-20(13-17-5-4-12-25-17)18(22)14-24-19(23)15-6-8-16(9-7-15)21-10-2-3-11-21/h2-12H,13-14H2,1H3. The number of hydrogen-bond acceptors (Lipinski definition) is 4. The number of carbonyl (C=O) groups excluding carboxylic acids is 2. The van der Waals surface area contributed by atoms with Crippen molar-refractivity contribution in [2.24, 2.45) is 0 Å². The minimum Gasteiger partial charge on any atom is -0.452 e. The van der Waals surface area contributed by atoms with Gasteiger partial charge in [0, 0.05) is 30.0 Å². The molecule has 0 atom stereocenters. The molecule has 0 bridgehead atoms.